The van der Waals surface area contributed by atoms with Crippen molar-refractivity contribution in [2.45, 2.75) is 19.4 Å². The lowest BCUT2D eigenvalue weighted by Crippen LogP contribution is -2.27. The highest BCUT2D eigenvalue weighted by Crippen LogP contribution is 2.21. The molecule has 2 N–H and O–H groups in total. The predicted molar refractivity (Wildman–Crippen MR) is 93.9 cm³/mol. The van der Waals surface area contributed by atoms with Crippen molar-refractivity contribution in [2.75, 3.05) is 19.0 Å². The second-order valence-electron chi connectivity index (χ2n) is 5.32. The molecule has 0 spiro atoms. The molecule has 1 unspecified atom stereocenters. The maximum Gasteiger partial charge on any atom is 0.258 e. The highest BCUT2D eigenvalue weighted by atomic mass is 16.5. The zero-order chi connectivity index (χ0) is 17.4. The molecule has 1 atom stereocenters. The van der Waals surface area contributed by atoms with Crippen LogP contribution >= 0.6 is 0 Å². The summed E-state index contributed by atoms with van der Waals surface area (Å²) in [6, 6.07) is 16.2. The second kappa shape index (κ2) is 8.84. The quantitative estimate of drug-likeness (QED) is 0.821. The van der Waals surface area contributed by atoms with E-state index >= 15 is 0 Å². The Bertz CT molecular complexity index is 686. The van der Waals surface area contributed by atoms with Gasteiger partial charge < -0.3 is 15.4 Å². The van der Waals surface area contributed by atoms with Gasteiger partial charge in [-0.1, -0.05) is 49.4 Å². The molecule has 0 heterocycles. The van der Waals surface area contributed by atoms with Gasteiger partial charge in [-0.3, -0.25) is 9.59 Å². The smallest absolute Gasteiger partial charge is 0.258 e. The summed E-state index contributed by atoms with van der Waals surface area (Å²) in [5.41, 5.74) is 1.65. The number of hydrogen-bond donors (Lipinski definition) is 2. The summed E-state index contributed by atoms with van der Waals surface area (Å²) in [4.78, 5) is 24.8. The third kappa shape index (κ3) is 4.43. The monoisotopic (exact) mass is 326 g/mol. The van der Waals surface area contributed by atoms with E-state index in [1.807, 2.05) is 37.3 Å². The van der Waals surface area contributed by atoms with E-state index in [0.29, 0.717) is 17.8 Å². The molecule has 0 radical (unpaired) electrons. The molecule has 5 heteroatoms. The van der Waals surface area contributed by atoms with Crippen LogP contribution in [0.15, 0.2) is 54.6 Å². The average molecular weight is 326 g/mol. The summed E-state index contributed by atoms with van der Waals surface area (Å²) >= 11 is 0. The van der Waals surface area contributed by atoms with Crippen LogP contribution in [-0.4, -0.2) is 25.5 Å². The van der Waals surface area contributed by atoms with Gasteiger partial charge in [0.25, 0.3) is 11.8 Å². The molecule has 0 fully saturated rings. The third-order valence-corrected chi connectivity index (χ3v) is 3.54. The summed E-state index contributed by atoms with van der Waals surface area (Å²) in [5.74, 6) is -0.527. The molecule has 5 nitrogen and oxygen atoms in total. The van der Waals surface area contributed by atoms with E-state index in [1.165, 1.54) is 7.11 Å². The summed E-state index contributed by atoms with van der Waals surface area (Å²) in [6.07, 6.45) is 0.109. The van der Waals surface area contributed by atoms with Crippen molar-refractivity contribution in [3.8, 4) is 0 Å². The van der Waals surface area contributed by atoms with Gasteiger partial charge in [0.15, 0.2) is 6.10 Å². The normalized spacial score (nSPS) is 11.6. The molecule has 24 heavy (non-hydrogen) atoms. The SMILES string of the molecule is CCCNC(=O)c1ccccc1NC(=O)C(OC)c1ccccc1. The Morgan fingerprint density at radius 3 is 2.38 bits per heavy atom. The Hall–Kier alpha value is -2.66. The van der Waals surface area contributed by atoms with E-state index in [9.17, 15) is 9.59 Å². The predicted octanol–water partition coefficient (Wildman–Crippen LogP) is 3.15. The van der Waals surface area contributed by atoms with Gasteiger partial charge in [0, 0.05) is 13.7 Å². The summed E-state index contributed by atoms with van der Waals surface area (Å²) in [7, 11) is 1.48. The highest BCUT2D eigenvalue weighted by molar-refractivity contribution is 6.04. The lowest BCUT2D eigenvalue weighted by Gasteiger charge is -2.17. The fraction of sp³-hybridized carbons (Fsp3) is 0.263. The van der Waals surface area contributed by atoms with Gasteiger partial charge in [-0.25, -0.2) is 0 Å². The molecular weight excluding hydrogens is 304 g/mol. The molecule has 0 saturated heterocycles. The van der Waals surface area contributed by atoms with Gasteiger partial charge in [-0.2, -0.15) is 0 Å². The number of amides is 2. The molecule has 0 aliphatic heterocycles. The molecule has 2 amide bonds. The minimum atomic E-state index is -0.738. The van der Waals surface area contributed by atoms with Crippen molar-refractivity contribution in [3.05, 3.63) is 65.7 Å². The standard InChI is InChI=1S/C19H22N2O3/c1-3-13-20-18(22)15-11-7-8-12-16(15)21-19(23)17(24-2)14-9-5-4-6-10-14/h4-12,17H,3,13H2,1-2H3,(H,20,22)(H,21,23). The molecule has 0 saturated carbocycles. The van der Waals surface area contributed by atoms with Crippen LogP contribution in [0, 0.1) is 0 Å². The van der Waals surface area contributed by atoms with Crippen molar-refractivity contribution in [2.24, 2.45) is 0 Å². The average Bonchev–Trinajstić information content (AvgIpc) is 2.61. The van der Waals surface area contributed by atoms with Gasteiger partial charge in [0.2, 0.25) is 0 Å². The molecule has 2 rings (SSSR count). The van der Waals surface area contributed by atoms with E-state index in [2.05, 4.69) is 10.6 Å². The molecule has 2 aromatic rings. The van der Waals surface area contributed by atoms with E-state index in [0.717, 1.165) is 12.0 Å². The number of hydrogen-bond acceptors (Lipinski definition) is 3. The van der Waals surface area contributed by atoms with Gasteiger partial charge >= 0.3 is 0 Å². The molecule has 0 bridgehead atoms. The third-order valence-electron chi connectivity index (χ3n) is 3.54. The number of para-hydroxylation sites is 1. The number of carbonyl (C=O) groups is 2. The molecule has 0 aliphatic carbocycles. The van der Waals surface area contributed by atoms with E-state index in [4.69, 9.17) is 4.74 Å². The molecule has 2 aromatic carbocycles. The van der Waals surface area contributed by atoms with E-state index in [-0.39, 0.29) is 11.8 Å². The number of methoxy groups -OCH3 is 1. The zero-order valence-corrected chi connectivity index (χ0v) is 13.9. The van der Waals surface area contributed by atoms with Crippen molar-refractivity contribution >= 4 is 17.5 Å². The van der Waals surface area contributed by atoms with Gasteiger partial charge in [0.05, 0.1) is 11.3 Å². The van der Waals surface area contributed by atoms with Crippen LogP contribution in [0.3, 0.4) is 0 Å². The number of rotatable bonds is 7. The van der Waals surface area contributed by atoms with Crippen molar-refractivity contribution < 1.29 is 14.3 Å². The fourth-order valence-corrected chi connectivity index (χ4v) is 2.34. The largest absolute Gasteiger partial charge is 0.367 e. The number of ether oxygens (including phenoxy) is 1. The van der Waals surface area contributed by atoms with Crippen LogP contribution in [0.25, 0.3) is 0 Å². The molecule has 0 aromatic heterocycles. The molecular formula is C19H22N2O3. The fourth-order valence-electron chi connectivity index (χ4n) is 2.34. The van der Waals surface area contributed by atoms with Crippen LogP contribution in [0.4, 0.5) is 5.69 Å². The van der Waals surface area contributed by atoms with Crippen LogP contribution in [0.1, 0.15) is 35.4 Å². The van der Waals surface area contributed by atoms with E-state index < -0.39 is 6.10 Å². The minimum absolute atomic E-state index is 0.207. The Kier molecular flexibility index (Phi) is 6.51. The van der Waals surface area contributed by atoms with Crippen LogP contribution in [-0.2, 0) is 9.53 Å². The second-order valence-corrected chi connectivity index (χ2v) is 5.32. The number of anilines is 1. The maximum absolute atomic E-state index is 12.6. The van der Waals surface area contributed by atoms with Gasteiger partial charge in [0.1, 0.15) is 0 Å². The van der Waals surface area contributed by atoms with Crippen molar-refractivity contribution in [1.29, 1.82) is 0 Å². The van der Waals surface area contributed by atoms with Crippen LogP contribution in [0.5, 0.6) is 0 Å². The number of benzene rings is 2. The Labute approximate surface area is 142 Å². The Balaban J connectivity index is 2.18. The first kappa shape index (κ1) is 17.7. The summed E-state index contributed by atoms with van der Waals surface area (Å²) in [5, 5.41) is 5.61. The lowest BCUT2D eigenvalue weighted by molar-refractivity contribution is -0.126. The zero-order valence-electron chi connectivity index (χ0n) is 13.9. The topological polar surface area (TPSA) is 67.4 Å². The first-order valence-electron chi connectivity index (χ1n) is 7.93. The van der Waals surface area contributed by atoms with Gasteiger partial charge in [-0.15, -0.1) is 0 Å². The first-order chi connectivity index (χ1) is 11.7. The molecule has 126 valence electrons. The Morgan fingerprint density at radius 2 is 1.71 bits per heavy atom. The molecule has 0 aliphatic rings. The maximum atomic E-state index is 12.6. The number of carbonyl (C=O) groups excluding carboxylic acids is 2. The lowest BCUT2D eigenvalue weighted by atomic mass is 10.1. The van der Waals surface area contributed by atoms with E-state index in [1.54, 1.807) is 24.3 Å². The van der Waals surface area contributed by atoms with Crippen LogP contribution in [0.2, 0.25) is 0 Å². The first-order valence-corrected chi connectivity index (χ1v) is 7.93. The van der Waals surface area contributed by atoms with Crippen LogP contribution < -0.4 is 10.6 Å². The van der Waals surface area contributed by atoms with Crippen molar-refractivity contribution in [1.82, 2.24) is 5.32 Å². The highest BCUT2D eigenvalue weighted by Gasteiger charge is 2.21. The number of nitrogens with one attached hydrogen (secondary N) is 2. The summed E-state index contributed by atoms with van der Waals surface area (Å²) < 4.78 is 5.32. The van der Waals surface area contributed by atoms with Gasteiger partial charge in [-0.05, 0) is 24.1 Å². The van der Waals surface area contributed by atoms with Crippen molar-refractivity contribution in [3.63, 3.8) is 0 Å². The summed E-state index contributed by atoms with van der Waals surface area (Å²) in [6.45, 7) is 2.57. The Morgan fingerprint density at radius 1 is 1.04 bits per heavy atom. The minimum Gasteiger partial charge on any atom is -0.367 e.